The molecule has 0 N–H and O–H groups in total. The van der Waals surface area contributed by atoms with Crippen molar-refractivity contribution >= 4 is 49.5 Å². The predicted octanol–water partition coefficient (Wildman–Crippen LogP) is 8.97. The van der Waals surface area contributed by atoms with E-state index in [9.17, 15) is 0 Å². The van der Waals surface area contributed by atoms with Crippen molar-refractivity contribution in [3.8, 4) is 0 Å². The van der Waals surface area contributed by atoms with Gasteiger partial charge in [-0.1, -0.05) is 137 Å². The average molecular weight is 469 g/mol. The summed E-state index contributed by atoms with van der Waals surface area (Å²) in [7, 11) is 0. The third-order valence-electron chi connectivity index (χ3n) is 1.77. The zero-order valence-corrected chi connectivity index (χ0v) is 26.6. The largest absolute Gasteiger partial charge is 0.153 e. The van der Waals surface area contributed by atoms with Gasteiger partial charge in [0.1, 0.15) is 0 Å². The first kappa shape index (κ1) is 46.4. The van der Waals surface area contributed by atoms with Gasteiger partial charge in [0.05, 0.1) is 0 Å². The van der Waals surface area contributed by atoms with E-state index in [0.717, 1.165) is 0 Å². The zero-order chi connectivity index (χ0) is 16.0. The topological polar surface area (TPSA) is 0 Å². The third kappa shape index (κ3) is 324. The van der Waals surface area contributed by atoms with Gasteiger partial charge in [0, 0.05) is 0 Å². The molecule has 0 aromatic heterocycles. The molecule has 0 bridgehead atoms. The maximum atomic E-state index is 2.12. The highest BCUT2D eigenvalue weighted by atomic mass is 31.0. The summed E-state index contributed by atoms with van der Waals surface area (Å²) >= 11 is 0. The molecule has 0 saturated heterocycles. The maximum absolute atomic E-state index is 2.12. The fourth-order valence-electron chi connectivity index (χ4n) is 0. The molecule has 5 saturated carbocycles. The molecule has 170 valence electrons. The van der Waals surface area contributed by atoms with Gasteiger partial charge < -0.3 is 0 Å². The summed E-state index contributed by atoms with van der Waals surface area (Å²) in [5.74, 6) is 0. The van der Waals surface area contributed by atoms with Gasteiger partial charge in [0.2, 0.25) is 0 Å². The normalized spacial score (nSPS) is 15.2. The number of hydrogen-bond donors (Lipinski definition) is 0. The van der Waals surface area contributed by atoms with E-state index in [1.807, 2.05) is 0 Å². The van der Waals surface area contributed by atoms with Crippen LogP contribution in [0.4, 0.5) is 0 Å². The van der Waals surface area contributed by atoms with Crippen LogP contribution in [0.25, 0.3) is 0 Å². The molecule has 5 atom stereocenters. The van der Waals surface area contributed by atoms with Gasteiger partial charge in [0.25, 0.3) is 0 Å². The Morgan fingerprint density at radius 2 is 0.308 bits per heavy atom. The highest BCUT2D eigenvalue weighted by Crippen LogP contribution is 2.16. The van der Waals surface area contributed by atoms with Crippen LogP contribution < -0.4 is 0 Å². The molecule has 5 heteroatoms. The van der Waals surface area contributed by atoms with Crippen molar-refractivity contribution in [1.82, 2.24) is 0 Å². The molecule has 0 nitrogen and oxygen atoms in total. The van der Waals surface area contributed by atoms with Gasteiger partial charge in [0.15, 0.2) is 0 Å². The standard InChI is InChI=1S/5C3H6.2C3H8.5H3P/c5*1-2-3-1;2*1-3-2;;;;;/h5*1-3H2;2*3H2,1-2H3;5*1H3. The lowest BCUT2D eigenvalue weighted by atomic mass is 10.6. The molecule has 5 rings (SSSR count). The Morgan fingerprint density at radius 1 is 0.269 bits per heavy atom. The Balaban J connectivity index is -0.0000000314. The molecule has 0 radical (unpaired) electrons. The van der Waals surface area contributed by atoms with E-state index in [1.165, 1.54) is 109 Å². The van der Waals surface area contributed by atoms with Crippen LogP contribution >= 0.6 is 49.5 Å². The van der Waals surface area contributed by atoms with E-state index in [1.54, 1.807) is 0 Å². The summed E-state index contributed by atoms with van der Waals surface area (Å²) < 4.78 is 0. The van der Waals surface area contributed by atoms with Crippen molar-refractivity contribution in [3.05, 3.63) is 0 Å². The van der Waals surface area contributed by atoms with Gasteiger partial charge in [-0.25, -0.2) is 0 Å². The quantitative estimate of drug-likeness (QED) is 0.311. The van der Waals surface area contributed by atoms with Crippen LogP contribution in [0.5, 0.6) is 0 Å². The molecule has 0 aromatic rings. The molecule has 0 aromatic carbocycles. The Kier molecular flexibility index (Phi) is 90.3. The highest BCUT2D eigenvalue weighted by molar-refractivity contribution is 6.92. The molecule has 5 aliphatic rings. The summed E-state index contributed by atoms with van der Waals surface area (Å²) in [6.07, 6.45) is 25.0. The molecule has 0 aliphatic heterocycles. The minimum atomic E-state index is 0. The second kappa shape index (κ2) is 50.6. The molecular weight excluding hydrogens is 407 g/mol. The van der Waals surface area contributed by atoms with E-state index >= 15 is 0 Å². The van der Waals surface area contributed by atoms with E-state index in [-0.39, 0.29) is 49.5 Å². The van der Waals surface area contributed by atoms with E-state index < -0.39 is 0 Å². The Bertz CT molecular complexity index is 96.7. The van der Waals surface area contributed by atoms with Crippen molar-refractivity contribution in [2.24, 2.45) is 0 Å². The number of hydrogen-bond acceptors (Lipinski definition) is 0. The molecule has 0 amide bonds. The summed E-state index contributed by atoms with van der Waals surface area (Å²) in [6, 6.07) is 0. The first-order valence-corrected chi connectivity index (χ1v) is 10.3. The van der Waals surface area contributed by atoms with Crippen molar-refractivity contribution in [2.75, 3.05) is 0 Å². The van der Waals surface area contributed by atoms with Crippen LogP contribution in [0.2, 0.25) is 0 Å². The fourth-order valence-corrected chi connectivity index (χ4v) is 0. The fraction of sp³-hybridized carbons (Fsp3) is 1.00. The number of rotatable bonds is 0. The highest BCUT2D eigenvalue weighted by Gasteiger charge is 1.96. The Hall–Kier alpha value is 2.15. The van der Waals surface area contributed by atoms with Crippen LogP contribution in [-0.2, 0) is 0 Å². The molecule has 5 unspecified atom stereocenters. The smallest absolute Gasteiger partial charge is 0.0533 e. The average Bonchev–Trinajstić information content (AvgIpc) is 3.38. The lowest BCUT2D eigenvalue weighted by molar-refractivity contribution is 1.09. The lowest BCUT2D eigenvalue weighted by Crippen LogP contribution is -1.27. The van der Waals surface area contributed by atoms with Crippen LogP contribution in [0.1, 0.15) is 137 Å². The van der Waals surface area contributed by atoms with Crippen LogP contribution in [-0.4, -0.2) is 0 Å². The second-order valence-corrected chi connectivity index (χ2v) is 6.72. The summed E-state index contributed by atoms with van der Waals surface area (Å²) in [5, 5.41) is 0. The summed E-state index contributed by atoms with van der Waals surface area (Å²) in [4.78, 5) is 0. The van der Waals surface area contributed by atoms with Gasteiger partial charge >= 0.3 is 0 Å². The van der Waals surface area contributed by atoms with Gasteiger partial charge in [-0.05, 0) is 0 Å². The van der Waals surface area contributed by atoms with Crippen LogP contribution in [0.3, 0.4) is 0 Å². The van der Waals surface area contributed by atoms with Crippen molar-refractivity contribution in [2.45, 2.75) is 137 Å². The van der Waals surface area contributed by atoms with Crippen molar-refractivity contribution in [1.29, 1.82) is 0 Å². The monoisotopic (exact) mass is 468 g/mol. The van der Waals surface area contributed by atoms with E-state index in [0.29, 0.717) is 0 Å². The van der Waals surface area contributed by atoms with Crippen LogP contribution in [0.15, 0.2) is 0 Å². The molecule has 0 heterocycles. The van der Waals surface area contributed by atoms with Gasteiger partial charge in [-0.15, -0.1) is 0 Å². The van der Waals surface area contributed by atoms with E-state index in [4.69, 9.17) is 0 Å². The summed E-state index contributed by atoms with van der Waals surface area (Å²) in [6.45, 7) is 8.50. The molecule has 5 aliphatic carbocycles. The second-order valence-electron chi connectivity index (χ2n) is 6.72. The minimum absolute atomic E-state index is 0. The third-order valence-corrected chi connectivity index (χ3v) is 1.77. The first-order chi connectivity index (χ1) is 10.3. The van der Waals surface area contributed by atoms with Gasteiger partial charge in [-0.3, -0.25) is 0 Å². The molecular formula is C21H61P5. The van der Waals surface area contributed by atoms with E-state index in [2.05, 4.69) is 27.7 Å². The maximum Gasteiger partial charge on any atom is -0.0533 e. The summed E-state index contributed by atoms with van der Waals surface area (Å²) in [5.41, 5.74) is 0. The Morgan fingerprint density at radius 3 is 0.308 bits per heavy atom. The molecule has 0 spiro atoms. The predicted molar refractivity (Wildman–Crippen MR) is 157 cm³/mol. The lowest BCUT2D eigenvalue weighted by Gasteiger charge is -1.48. The SMILES string of the molecule is C1CC1.C1CC1.C1CC1.C1CC1.C1CC1.CCC.CCC.P.P.P.P.P. The first-order valence-electron chi connectivity index (χ1n) is 10.3. The minimum Gasteiger partial charge on any atom is -0.153 e. The zero-order valence-electron chi connectivity index (χ0n) is 19.6. The van der Waals surface area contributed by atoms with Crippen molar-refractivity contribution in [3.63, 3.8) is 0 Å². The molecule has 26 heavy (non-hydrogen) atoms. The van der Waals surface area contributed by atoms with Crippen LogP contribution in [0, 0.1) is 0 Å². The van der Waals surface area contributed by atoms with Gasteiger partial charge in [-0.2, -0.15) is 49.5 Å². The Labute approximate surface area is 186 Å². The van der Waals surface area contributed by atoms with Crippen molar-refractivity contribution < 1.29 is 0 Å². The molecule has 5 fully saturated rings.